The Kier molecular flexibility index (Phi) is 5.41. The van der Waals surface area contributed by atoms with Gasteiger partial charge in [-0.25, -0.2) is 4.39 Å². The lowest BCUT2D eigenvalue weighted by Crippen LogP contribution is -2.31. The van der Waals surface area contributed by atoms with Gasteiger partial charge in [-0.1, -0.05) is 31.9 Å². The summed E-state index contributed by atoms with van der Waals surface area (Å²) < 4.78 is 19.4. The Morgan fingerprint density at radius 2 is 2.10 bits per heavy atom. The highest BCUT2D eigenvalue weighted by Crippen LogP contribution is 2.37. The summed E-state index contributed by atoms with van der Waals surface area (Å²) in [5.74, 6) is 1.94. The van der Waals surface area contributed by atoms with Crippen molar-refractivity contribution in [2.75, 3.05) is 13.7 Å². The van der Waals surface area contributed by atoms with Crippen molar-refractivity contribution in [2.45, 2.75) is 39.0 Å². The number of benzene rings is 1. The topological polar surface area (TPSA) is 35.2 Å². The Balaban J connectivity index is 2.14. The molecule has 1 aliphatic rings. The second-order valence-electron chi connectivity index (χ2n) is 5.98. The number of ether oxygens (including phenoxy) is 1. The molecular formula is C17H26FNO. The van der Waals surface area contributed by atoms with Gasteiger partial charge in [-0.2, -0.15) is 0 Å². The number of hydrogen-bond acceptors (Lipinski definition) is 2. The van der Waals surface area contributed by atoms with Crippen LogP contribution in [0.1, 0.15) is 38.2 Å². The average Bonchev–Trinajstić information content (AvgIpc) is 2.49. The van der Waals surface area contributed by atoms with Crippen LogP contribution in [-0.2, 0) is 6.42 Å². The van der Waals surface area contributed by atoms with Crippen LogP contribution in [0.5, 0.6) is 5.75 Å². The van der Waals surface area contributed by atoms with Crippen LogP contribution in [-0.4, -0.2) is 13.7 Å². The number of rotatable bonds is 5. The smallest absolute Gasteiger partial charge is 0.168 e. The number of hydrogen-bond donors (Lipinski definition) is 1. The SMILES string of the molecule is CCC1CCC(CN)C(Cc2cccc(OC)c2F)C1. The maximum atomic E-state index is 14.3. The first-order chi connectivity index (χ1) is 9.69. The van der Waals surface area contributed by atoms with Gasteiger partial charge in [0.2, 0.25) is 0 Å². The normalized spacial score (nSPS) is 26.5. The molecule has 0 saturated heterocycles. The van der Waals surface area contributed by atoms with E-state index in [1.54, 1.807) is 6.07 Å². The van der Waals surface area contributed by atoms with Crippen LogP contribution in [0.3, 0.4) is 0 Å². The molecule has 20 heavy (non-hydrogen) atoms. The molecule has 0 heterocycles. The quantitative estimate of drug-likeness (QED) is 0.890. The van der Waals surface area contributed by atoms with E-state index in [0.29, 0.717) is 24.1 Å². The number of halogens is 1. The van der Waals surface area contributed by atoms with Crippen LogP contribution in [0, 0.1) is 23.6 Å². The van der Waals surface area contributed by atoms with Crippen LogP contribution < -0.4 is 10.5 Å². The predicted octanol–water partition coefficient (Wildman–Crippen LogP) is 3.78. The molecule has 1 aromatic carbocycles. The van der Waals surface area contributed by atoms with Crippen LogP contribution in [0.4, 0.5) is 4.39 Å². The molecule has 3 atom stereocenters. The van der Waals surface area contributed by atoms with Gasteiger partial charge in [0.05, 0.1) is 7.11 Å². The molecule has 0 radical (unpaired) electrons. The molecule has 112 valence electrons. The van der Waals surface area contributed by atoms with Crippen molar-refractivity contribution in [1.82, 2.24) is 0 Å². The minimum Gasteiger partial charge on any atom is -0.494 e. The largest absolute Gasteiger partial charge is 0.494 e. The van der Waals surface area contributed by atoms with Crippen LogP contribution in [0.25, 0.3) is 0 Å². The van der Waals surface area contributed by atoms with Gasteiger partial charge in [-0.3, -0.25) is 0 Å². The standard InChI is InChI=1S/C17H26FNO/c1-3-12-7-8-14(11-19)15(9-12)10-13-5-4-6-16(20-2)17(13)18/h4-6,12,14-15H,3,7-11,19H2,1-2H3. The fourth-order valence-electron chi connectivity index (χ4n) is 3.51. The summed E-state index contributed by atoms with van der Waals surface area (Å²) in [6.07, 6.45) is 5.63. The molecule has 1 saturated carbocycles. The van der Waals surface area contributed by atoms with Crippen molar-refractivity contribution in [2.24, 2.45) is 23.5 Å². The second kappa shape index (κ2) is 7.07. The van der Waals surface area contributed by atoms with E-state index in [9.17, 15) is 4.39 Å². The van der Waals surface area contributed by atoms with Crippen LogP contribution >= 0.6 is 0 Å². The third-order valence-electron chi connectivity index (χ3n) is 4.87. The monoisotopic (exact) mass is 279 g/mol. The Morgan fingerprint density at radius 3 is 2.75 bits per heavy atom. The van der Waals surface area contributed by atoms with Crippen molar-refractivity contribution in [3.05, 3.63) is 29.6 Å². The molecule has 0 aromatic heterocycles. The zero-order valence-corrected chi connectivity index (χ0v) is 12.6. The molecule has 1 aromatic rings. The van der Waals surface area contributed by atoms with E-state index in [0.717, 1.165) is 17.9 Å². The lowest BCUT2D eigenvalue weighted by atomic mass is 9.71. The van der Waals surface area contributed by atoms with Gasteiger partial charge < -0.3 is 10.5 Å². The highest BCUT2D eigenvalue weighted by Gasteiger charge is 2.29. The highest BCUT2D eigenvalue weighted by atomic mass is 19.1. The molecule has 3 heteroatoms. The Labute approximate surface area is 121 Å². The van der Waals surface area contributed by atoms with Gasteiger partial charge in [0, 0.05) is 0 Å². The molecule has 1 fully saturated rings. The number of nitrogens with two attached hydrogens (primary N) is 1. The molecular weight excluding hydrogens is 253 g/mol. The molecule has 2 rings (SSSR count). The first kappa shape index (κ1) is 15.3. The zero-order chi connectivity index (χ0) is 14.5. The molecule has 1 aliphatic carbocycles. The Hall–Kier alpha value is -1.09. The Bertz CT molecular complexity index is 435. The molecule has 2 nitrogen and oxygen atoms in total. The van der Waals surface area contributed by atoms with Gasteiger partial charge in [-0.15, -0.1) is 0 Å². The van der Waals surface area contributed by atoms with Crippen LogP contribution in [0.2, 0.25) is 0 Å². The van der Waals surface area contributed by atoms with Gasteiger partial charge >= 0.3 is 0 Å². The van der Waals surface area contributed by atoms with E-state index in [4.69, 9.17) is 10.5 Å². The lowest BCUT2D eigenvalue weighted by molar-refractivity contribution is 0.178. The van der Waals surface area contributed by atoms with E-state index in [-0.39, 0.29) is 5.82 Å². The molecule has 3 unspecified atom stereocenters. The summed E-state index contributed by atoms with van der Waals surface area (Å²) in [5, 5.41) is 0. The van der Waals surface area contributed by atoms with E-state index in [2.05, 4.69) is 6.92 Å². The average molecular weight is 279 g/mol. The minimum absolute atomic E-state index is 0.204. The molecule has 0 aliphatic heterocycles. The Morgan fingerprint density at radius 1 is 1.30 bits per heavy atom. The first-order valence-electron chi connectivity index (χ1n) is 7.71. The van der Waals surface area contributed by atoms with E-state index < -0.39 is 0 Å². The maximum absolute atomic E-state index is 14.3. The molecule has 2 N–H and O–H groups in total. The first-order valence-corrected chi connectivity index (χ1v) is 7.71. The second-order valence-corrected chi connectivity index (χ2v) is 5.98. The minimum atomic E-state index is -0.204. The highest BCUT2D eigenvalue weighted by molar-refractivity contribution is 5.31. The van der Waals surface area contributed by atoms with Gasteiger partial charge in [0.25, 0.3) is 0 Å². The number of methoxy groups -OCH3 is 1. The summed E-state index contributed by atoms with van der Waals surface area (Å²) in [6, 6.07) is 5.42. The molecule has 0 spiro atoms. The van der Waals surface area contributed by atoms with E-state index in [1.807, 2.05) is 12.1 Å². The summed E-state index contributed by atoms with van der Waals surface area (Å²) in [6.45, 7) is 2.96. The van der Waals surface area contributed by atoms with Crippen LogP contribution in [0.15, 0.2) is 18.2 Å². The van der Waals surface area contributed by atoms with Gasteiger partial charge in [0.15, 0.2) is 11.6 Å². The summed E-state index contributed by atoms with van der Waals surface area (Å²) in [4.78, 5) is 0. The van der Waals surface area contributed by atoms with Gasteiger partial charge in [0.1, 0.15) is 0 Å². The predicted molar refractivity (Wildman–Crippen MR) is 80.3 cm³/mol. The van der Waals surface area contributed by atoms with Crippen molar-refractivity contribution in [3.8, 4) is 5.75 Å². The molecule has 0 amide bonds. The third-order valence-corrected chi connectivity index (χ3v) is 4.87. The van der Waals surface area contributed by atoms with Crippen molar-refractivity contribution >= 4 is 0 Å². The summed E-state index contributed by atoms with van der Waals surface area (Å²) in [7, 11) is 1.51. The van der Waals surface area contributed by atoms with Crippen molar-refractivity contribution in [1.29, 1.82) is 0 Å². The summed E-state index contributed by atoms with van der Waals surface area (Å²) >= 11 is 0. The van der Waals surface area contributed by atoms with E-state index in [1.165, 1.54) is 32.8 Å². The fourth-order valence-corrected chi connectivity index (χ4v) is 3.51. The zero-order valence-electron chi connectivity index (χ0n) is 12.6. The van der Waals surface area contributed by atoms with E-state index >= 15 is 0 Å². The maximum Gasteiger partial charge on any atom is 0.168 e. The fraction of sp³-hybridized carbons (Fsp3) is 0.647. The lowest BCUT2D eigenvalue weighted by Gasteiger charge is -2.35. The third kappa shape index (κ3) is 3.32. The van der Waals surface area contributed by atoms with Gasteiger partial charge in [-0.05, 0) is 55.2 Å². The molecule has 0 bridgehead atoms. The van der Waals surface area contributed by atoms with Crippen molar-refractivity contribution in [3.63, 3.8) is 0 Å². The van der Waals surface area contributed by atoms with Crippen molar-refractivity contribution < 1.29 is 9.13 Å². The summed E-state index contributed by atoms with van der Waals surface area (Å²) in [5.41, 5.74) is 6.68.